The van der Waals surface area contributed by atoms with Crippen LogP contribution in [0, 0.1) is 0 Å². The molecular formula is C17H21NO2S2. The Labute approximate surface area is 135 Å². The number of hydrogen-bond donors (Lipinski definition) is 0. The lowest BCUT2D eigenvalue weighted by molar-refractivity contribution is 0.589. The highest BCUT2D eigenvalue weighted by Gasteiger charge is 2.19. The van der Waals surface area contributed by atoms with Crippen LogP contribution in [0.15, 0.2) is 68.2 Å². The Morgan fingerprint density at radius 2 is 1.41 bits per heavy atom. The van der Waals surface area contributed by atoms with Gasteiger partial charge in [-0.2, -0.15) is 0 Å². The molecular weight excluding hydrogens is 314 g/mol. The number of nitrogens with zero attached hydrogens (tertiary/aromatic N) is 1. The highest BCUT2D eigenvalue weighted by molar-refractivity contribution is 8.00. The van der Waals surface area contributed by atoms with Crippen molar-refractivity contribution in [1.29, 1.82) is 0 Å². The molecule has 0 aromatic heterocycles. The Morgan fingerprint density at radius 3 is 1.86 bits per heavy atom. The van der Waals surface area contributed by atoms with E-state index in [-0.39, 0.29) is 5.41 Å². The minimum Gasteiger partial charge on any atom is -0.239 e. The first-order chi connectivity index (χ1) is 10.2. The van der Waals surface area contributed by atoms with E-state index in [9.17, 15) is 8.42 Å². The van der Waals surface area contributed by atoms with Crippen LogP contribution in [0.1, 0.15) is 26.3 Å². The van der Waals surface area contributed by atoms with Crippen molar-refractivity contribution in [2.75, 3.05) is 6.26 Å². The third-order valence-electron chi connectivity index (χ3n) is 3.31. The van der Waals surface area contributed by atoms with Crippen LogP contribution < -0.4 is 0 Å². The van der Waals surface area contributed by atoms with Gasteiger partial charge >= 0.3 is 0 Å². The Morgan fingerprint density at radius 1 is 0.909 bits per heavy atom. The Kier molecular flexibility index (Phi) is 4.87. The Hall–Kier alpha value is -1.46. The first-order valence-electron chi connectivity index (χ1n) is 7.00. The van der Waals surface area contributed by atoms with Gasteiger partial charge in [-0.25, -0.2) is 8.42 Å². The molecule has 0 saturated carbocycles. The zero-order valence-corrected chi connectivity index (χ0v) is 14.9. The second-order valence-corrected chi connectivity index (χ2v) is 9.55. The van der Waals surface area contributed by atoms with E-state index in [1.54, 1.807) is 12.1 Å². The van der Waals surface area contributed by atoms with Crippen molar-refractivity contribution in [3.63, 3.8) is 0 Å². The lowest BCUT2D eigenvalue weighted by Crippen LogP contribution is -2.11. The summed E-state index contributed by atoms with van der Waals surface area (Å²) in [5.74, 6) is 0. The van der Waals surface area contributed by atoms with E-state index in [0.717, 1.165) is 5.56 Å². The zero-order valence-electron chi connectivity index (χ0n) is 13.3. The second-order valence-electron chi connectivity index (χ2n) is 6.11. The van der Waals surface area contributed by atoms with Crippen LogP contribution in [0.25, 0.3) is 0 Å². The Balaban J connectivity index is 2.62. The summed E-state index contributed by atoms with van der Waals surface area (Å²) in [5.41, 5.74) is 1.18. The summed E-state index contributed by atoms with van der Waals surface area (Å²) in [6.45, 7) is 6.38. The smallest absolute Gasteiger partial charge is 0.145 e. The minimum atomic E-state index is -2.88. The van der Waals surface area contributed by atoms with Gasteiger partial charge in [0.05, 0.1) is 9.79 Å². The molecule has 2 aromatic carbocycles. The molecule has 0 N–H and O–H groups in total. The standard InChI is InChI=1S/C17H21NO2S2/c1-17(2,3)14-10-12-16(13-11-14)22(20,18-21(4)19)15-8-6-5-7-9-15/h5-13H,1-4H3. The maximum absolute atomic E-state index is 13.4. The summed E-state index contributed by atoms with van der Waals surface area (Å²) in [4.78, 5) is 1.16. The van der Waals surface area contributed by atoms with Gasteiger partial charge in [0.2, 0.25) is 0 Å². The summed E-state index contributed by atoms with van der Waals surface area (Å²) < 4.78 is 29.0. The zero-order chi connectivity index (χ0) is 16.4. The SMILES string of the molecule is CS(=O)N=S(=O)(c1ccccc1)c1ccc(C(C)(C)C)cc1. The molecule has 118 valence electrons. The van der Waals surface area contributed by atoms with Crippen LogP contribution in [0.2, 0.25) is 0 Å². The molecule has 0 amide bonds. The number of hydrogen-bond acceptors (Lipinski definition) is 2. The van der Waals surface area contributed by atoms with Crippen molar-refractivity contribution in [1.82, 2.24) is 0 Å². The molecule has 0 saturated heterocycles. The maximum Gasteiger partial charge on any atom is 0.145 e. The Bertz CT molecular complexity index is 782. The van der Waals surface area contributed by atoms with Crippen molar-refractivity contribution in [3.05, 3.63) is 60.2 Å². The first kappa shape index (κ1) is 16.9. The van der Waals surface area contributed by atoms with Gasteiger partial charge in [-0.3, -0.25) is 0 Å². The fraction of sp³-hybridized carbons (Fsp3) is 0.294. The van der Waals surface area contributed by atoms with Gasteiger partial charge in [-0.1, -0.05) is 51.1 Å². The largest absolute Gasteiger partial charge is 0.239 e. The molecule has 0 heterocycles. The second kappa shape index (κ2) is 6.34. The summed E-state index contributed by atoms with van der Waals surface area (Å²) >= 11 is 0. The van der Waals surface area contributed by atoms with Crippen molar-refractivity contribution in [2.45, 2.75) is 36.0 Å². The van der Waals surface area contributed by atoms with E-state index >= 15 is 0 Å². The molecule has 0 radical (unpaired) electrons. The molecule has 0 fully saturated rings. The molecule has 3 nitrogen and oxygen atoms in total. The molecule has 0 aliphatic carbocycles. The molecule has 0 bridgehead atoms. The molecule has 22 heavy (non-hydrogen) atoms. The molecule has 2 aromatic rings. The first-order valence-corrected chi connectivity index (χ1v) is 10.0. The van der Waals surface area contributed by atoms with Crippen molar-refractivity contribution in [2.24, 2.45) is 3.77 Å². The van der Waals surface area contributed by atoms with Crippen LogP contribution in [0.5, 0.6) is 0 Å². The predicted octanol–water partition coefficient (Wildman–Crippen LogP) is 4.16. The van der Waals surface area contributed by atoms with Crippen LogP contribution in [-0.4, -0.2) is 14.7 Å². The highest BCUT2D eigenvalue weighted by atomic mass is 32.3. The molecule has 0 spiro atoms. The quantitative estimate of drug-likeness (QED) is 0.845. The maximum atomic E-state index is 13.4. The van der Waals surface area contributed by atoms with Crippen molar-refractivity contribution >= 4 is 20.7 Å². The van der Waals surface area contributed by atoms with E-state index in [1.165, 1.54) is 6.26 Å². The summed E-state index contributed by atoms with van der Waals surface area (Å²) in [6.07, 6.45) is 1.44. The highest BCUT2D eigenvalue weighted by Crippen LogP contribution is 2.28. The van der Waals surface area contributed by atoms with Gasteiger partial charge in [-0.05, 0) is 35.2 Å². The van der Waals surface area contributed by atoms with Crippen LogP contribution in [0.3, 0.4) is 0 Å². The molecule has 5 heteroatoms. The minimum absolute atomic E-state index is 0.0247. The monoisotopic (exact) mass is 335 g/mol. The van der Waals surface area contributed by atoms with E-state index in [4.69, 9.17) is 0 Å². The molecule has 2 rings (SSSR count). The van der Waals surface area contributed by atoms with E-state index < -0.39 is 20.7 Å². The van der Waals surface area contributed by atoms with Gasteiger partial charge in [-0.15, -0.1) is 3.77 Å². The van der Waals surface area contributed by atoms with Gasteiger partial charge in [0, 0.05) is 6.26 Å². The van der Waals surface area contributed by atoms with Crippen LogP contribution >= 0.6 is 0 Å². The van der Waals surface area contributed by atoms with E-state index in [2.05, 4.69) is 24.5 Å². The molecule has 0 aliphatic heterocycles. The number of rotatable bonds is 3. The summed E-state index contributed by atoms with van der Waals surface area (Å²) in [6, 6.07) is 16.6. The molecule has 0 aliphatic rings. The molecule has 2 atom stereocenters. The normalized spacial score (nSPS) is 15.8. The fourth-order valence-electron chi connectivity index (χ4n) is 2.11. The topological polar surface area (TPSA) is 46.5 Å². The van der Waals surface area contributed by atoms with E-state index in [1.807, 2.05) is 42.5 Å². The van der Waals surface area contributed by atoms with Gasteiger partial charge in [0.25, 0.3) is 0 Å². The lowest BCUT2D eigenvalue weighted by atomic mass is 9.87. The predicted molar refractivity (Wildman–Crippen MR) is 92.8 cm³/mol. The third kappa shape index (κ3) is 3.65. The van der Waals surface area contributed by atoms with Gasteiger partial charge in [0.1, 0.15) is 20.7 Å². The lowest BCUT2D eigenvalue weighted by Gasteiger charge is -2.19. The van der Waals surface area contributed by atoms with Crippen molar-refractivity contribution < 1.29 is 8.42 Å². The van der Waals surface area contributed by atoms with Crippen LogP contribution in [0.4, 0.5) is 0 Å². The molecule has 2 unspecified atom stereocenters. The van der Waals surface area contributed by atoms with Gasteiger partial charge < -0.3 is 0 Å². The summed E-state index contributed by atoms with van der Waals surface area (Å²) in [5, 5.41) is 0. The summed E-state index contributed by atoms with van der Waals surface area (Å²) in [7, 11) is -4.39. The van der Waals surface area contributed by atoms with Gasteiger partial charge in [0.15, 0.2) is 0 Å². The average molecular weight is 335 g/mol. The third-order valence-corrected chi connectivity index (χ3v) is 6.81. The average Bonchev–Trinajstić information content (AvgIpc) is 2.46. The van der Waals surface area contributed by atoms with Crippen molar-refractivity contribution in [3.8, 4) is 0 Å². The van der Waals surface area contributed by atoms with E-state index in [0.29, 0.717) is 9.79 Å². The van der Waals surface area contributed by atoms with Crippen LogP contribution in [-0.2, 0) is 26.1 Å². The number of benzene rings is 2. The fourth-order valence-corrected chi connectivity index (χ4v) is 5.29.